The minimum atomic E-state index is -3.25. The van der Waals surface area contributed by atoms with Crippen LogP contribution in [0.1, 0.15) is 37.9 Å². The molecule has 4 rings (SSSR count). The van der Waals surface area contributed by atoms with Crippen LogP contribution in [-0.4, -0.2) is 59.3 Å². The number of halogens is 1. The molecule has 1 aliphatic rings. The monoisotopic (exact) mass is 458 g/mol. The summed E-state index contributed by atoms with van der Waals surface area (Å²) in [7, 11) is -3.25. The molecule has 0 radical (unpaired) electrons. The molecule has 0 unspecified atom stereocenters. The molecule has 0 saturated carbocycles. The molecule has 0 N–H and O–H groups in total. The van der Waals surface area contributed by atoms with E-state index in [1.165, 1.54) is 12.1 Å². The number of nitrogens with zero attached hydrogens (tertiary/aromatic N) is 4. The van der Waals surface area contributed by atoms with Crippen LogP contribution in [0.3, 0.4) is 0 Å². The van der Waals surface area contributed by atoms with Crippen molar-refractivity contribution >= 4 is 20.9 Å². The van der Waals surface area contributed by atoms with Crippen LogP contribution in [0.15, 0.2) is 42.6 Å². The molecule has 1 saturated heterocycles. The summed E-state index contributed by atoms with van der Waals surface area (Å²) >= 11 is 0. The first-order valence-electron chi connectivity index (χ1n) is 11.2. The molecule has 6 nitrogen and oxygen atoms in total. The van der Waals surface area contributed by atoms with E-state index in [1.54, 1.807) is 23.4 Å². The maximum Gasteiger partial charge on any atom is 0.213 e. The molecule has 1 aromatic heterocycles. The van der Waals surface area contributed by atoms with Gasteiger partial charge in [-0.25, -0.2) is 17.5 Å². The first-order valence-corrected chi connectivity index (χ1v) is 12.8. The Morgan fingerprint density at radius 3 is 2.53 bits per heavy atom. The molecule has 0 bridgehead atoms. The van der Waals surface area contributed by atoms with Gasteiger partial charge in [-0.05, 0) is 67.3 Å². The molecule has 3 aromatic rings. The molecule has 2 aromatic carbocycles. The summed E-state index contributed by atoms with van der Waals surface area (Å²) in [5.41, 5.74) is 3.97. The number of aromatic nitrogens is 2. The molecular formula is C24H31FN4O2S. The summed E-state index contributed by atoms with van der Waals surface area (Å²) in [5.74, 6) is 0.321. The van der Waals surface area contributed by atoms with Crippen molar-refractivity contribution in [3.8, 4) is 5.69 Å². The van der Waals surface area contributed by atoms with Crippen molar-refractivity contribution in [1.82, 2.24) is 19.0 Å². The molecule has 0 amide bonds. The normalized spacial score (nSPS) is 18.6. The highest BCUT2D eigenvalue weighted by Gasteiger charge is 2.34. The molecule has 172 valence electrons. The summed E-state index contributed by atoms with van der Waals surface area (Å²) in [6.07, 6.45) is 1.82. The van der Waals surface area contributed by atoms with E-state index in [0.717, 1.165) is 34.3 Å². The van der Waals surface area contributed by atoms with Crippen molar-refractivity contribution < 1.29 is 12.8 Å². The van der Waals surface area contributed by atoms with Crippen LogP contribution in [0.4, 0.5) is 4.39 Å². The van der Waals surface area contributed by atoms with Crippen molar-refractivity contribution in [2.45, 2.75) is 33.7 Å². The molecule has 1 atom stereocenters. The van der Waals surface area contributed by atoms with E-state index in [0.29, 0.717) is 25.6 Å². The van der Waals surface area contributed by atoms with E-state index in [2.05, 4.69) is 42.9 Å². The third-order valence-electron chi connectivity index (χ3n) is 6.20. The number of piperazine rings is 1. The van der Waals surface area contributed by atoms with E-state index in [-0.39, 0.29) is 17.6 Å². The van der Waals surface area contributed by atoms with Crippen LogP contribution in [0.5, 0.6) is 0 Å². The van der Waals surface area contributed by atoms with E-state index in [4.69, 9.17) is 0 Å². The van der Waals surface area contributed by atoms with Gasteiger partial charge in [0.15, 0.2) is 0 Å². The number of aryl methyl sites for hydroxylation is 1. The number of fused-ring (bicyclic) bond motifs is 1. The lowest BCUT2D eigenvalue weighted by atomic mass is 9.96. The lowest BCUT2D eigenvalue weighted by Crippen LogP contribution is -2.51. The van der Waals surface area contributed by atoms with Crippen LogP contribution in [0.25, 0.3) is 16.6 Å². The predicted octanol–water partition coefficient (Wildman–Crippen LogP) is 4.14. The van der Waals surface area contributed by atoms with Crippen LogP contribution >= 0.6 is 0 Å². The zero-order valence-corrected chi connectivity index (χ0v) is 19.9. The maximum absolute atomic E-state index is 13.4. The smallest absolute Gasteiger partial charge is 0.213 e. The second-order valence-corrected chi connectivity index (χ2v) is 11.2. The summed E-state index contributed by atoms with van der Waals surface area (Å²) < 4.78 is 42.0. The number of hydrogen-bond acceptors (Lipinski definition) is 4. The quantitative estimate of drug-likeness (QED) is 0.557. The second-order valence-electron chi connectivity index (χ2n) is 8.96. The van der Waals surface area contributed by atoms with Crippen molar-refractivity contribution in [2.75, 3.05) is 31.9 Å². The van der Waals surface area contributed by atoms with Gasteiger partial charge in [0.1, 0.15) is 5.82 Å². The standard InChI is InChI=1S/C24H31FN4O2S/c1-5-32(30,31)28-11-10-27(15-17(2)3)24(16-28)22-13-19-14-26-29(23(19)12-18(22)4)21-8-6-20(25)7-9-21/h6-9,12-14,17,24H,5,10-11,15-16H2,1-4H3/t24-/m0/s1. The Bertz CT molecular complexity index is 1200. The topological polar surface area (TPSA) is 58.4 Å². The molecule has 1 fully saturated rings. The maximum atomic E-state index is 13.4. The molecule has 8 heteroatoms. The Labute approximate surface area is 189 Å². The molecule has 0 spiro atoms. The molecule has 1 aliphatic heterocycles. The highest BCUT2D eigenvalue weighted by atomic mass is 32.2. The van der Waals surface area contributed by atoms with Gasteiger partial charge in [-0.3, -0.25) is 4.90 Å². The lowest BCUT2D eigenvalue weighted by molar-refractivity contribution is 0.105. The summed E-state index contributed by atoms with van der Waals surface area (Å²) in [5, 5.41) is 5.51. The number of sulfonamides is 1. The predicted molar refractivity (Wildman–Crippen MR) is 126 cm³/mol. The molecule has 0 aliphatic carbocycles. The Hall–Kier alpha value is -2.29. The van der Waals surface area contributed by atoms with Crippen molar-refractivity contribution in [2.24, 2.45) is 5.92 Å². The Kier molecular flexibility index (Phi) is 6.38. The average Bonchev–Trinajstić information content (AvgIpc) is 3.16. The summed E-state index contributed by atoms with van der Waals surface area (Å²) in [6, 6.07) is 10.5. The molecular weight excluding hydrogens is 427 g/mol. The fourth-order valence-corrected chi connectivity index (χ4v) is 5.65. The zero-order valence-electron chi connectivity index (χ0n) is 19.1. The van der Waals surface area contributed by atoms with Crippen LogP contribution < -0.4 is 0 Å². The highest BCUT2D eigenvalue weighted by Crippen LogP contribution is 2.33. The minimum absolute atomic E-state index is 0.00829. The van der Waals surface area contributed by atoms with Gasteiger partial charge in [-0.2, -0.15) is 9.40 Å². The van der Waals surface area contributed by atoms with Crippen molar-refractivity contribution in [3.05, 3.63) is 59.5 Å². The summed E-state index contributed by atoms with van der Waals surface area (Å²) in [6.45, 7) is 10.8. The number of rotatable bonds is 6. The Morgan fingerprint density at radius 2 is 1.88 bits per heavy atom. The average molecular weight is 459 g/mol. The third-order valence-corrected chi connectivity index (χ3v) is 8.05. The van der Waals surface area contributed by atoms with E-state index in [1.807, 2.05) is 10.9 Å². The number of hydrogen-bond donors (Lipinski definition) is 0. The fraction of sp³-hybridized carbons (Fsp3) is 0.458. The van der Waals surface area contributed by atoms with Gasteiger partial charge in [-0.1, -0.05) is 13.8 Å². The van der Waals surface area contributed by atoms with Crippen molar-refractivity contribution in [1.29, 1.82) is 0 Å². The van der Waals surface area contributed by atoms with E-state index >= 15 is 0 Å². The van der Waals surface area contributed by atoms with Crippen LogP contribution in [0, 0.1) is 18.7 Å². The van der Waals surface area contributed by atoms with Gasteiger partial charge in [0.05, 0.1) is 23.2 Å². The SMILES string of the molecule is CCS(=O)(=O)N1CCN(CC(C)C)[C@H](c2cc3cnn(-c4ccc(F)cc4)c3cc2C)C1. The second kappa shape index (κ2) is 8.92. The van der Waals surface area contributed by atoms with Crippen LogP contribution in [0.2, 0.25) is 0 Å². The first-order chi connectivity index (χ1) is 15.2. The van der Waals surface area contributed by atoms with E-state index in [9.17, 15) is 12.8 Å². The largest absolute Gasteiger partial charge is 0.293 e. The lowest BCUT2D eigenvalue weighted by Gasteiger charge is -2.42. The van der Waals surface area contributed by atoms with Gasteiger partial charge < -0.3 is 0 Å². The van der Waals surface area contributed by atoms with Gasteiger partial charge in [0.25, 0.3) is 0 Å². The van der Waals surface area contributed by atoms with Gasteiger partial charge in [0, 0.05) is 37.6 Å². The Balaban J connectivity index is 1.75. The van der Waals surface area contributed by atoms with E-state index < -0.39 is 10.0 Å². The van der Waals surface area contributed by atoms with Gasteiger partial charge in [-0.15, -0.1) is 0 Å². The highest BCUT2D eigenvalue weighted by molar-refractivity contribution is 7.89. The first kappa shape index (κ1) is 22.9. The number of benzene rings is 2. The fourth-order valence-electron chi connectivity index (χ4n) is 4.56. The molecule has 32 heavy (non-hydrogen) atoms. The summed E-state index contributed by atoms with van der Waals surface area (Å²) in [4.78, 5) is 2.41. The van der Waals surface area contributed by atoms with Gasteiger partial charge >= 0.3 is 0 Å². The van der Waals surface area contributed by atoms with Gasteiger partial charge in [0.2, 0.25) is 10.0 Å². The minimum Gasteiger partial charge on any atom is -0.293 e. The zero-order chi connectivity index (χ0) is 23.0. The third kappa shape index (κ3) is 4.44. The Morgan fingerprint density at radius 1 is 1.16 bits per heavy atom. The molecule has 2 heterocycles. The van der Waals surface area contributed by atoms with Crippen molar-refractivity contribution in [3.63, 3.8) is 0 Å². The van der Waals surface area contributed by atoms with Crippen LogP contribution in [-0.2, 0) is 10.0 Å².